The summed E-state index contributed by atoms with van der Waals surface area (Å²) in [6.07, 6.45) is 3.04. The lowest BCUT2D eigenvalue weighted by Gasteiger charge is -2.03. The quantitative estimate of drug-likeness (QED) is 0.827. The average molecular weight is 249 g/mol. The summed E-state index contributed by atoms with van der Waals surface area (Å²) in [5.74, 6) is -2.65. The number of pyridine rings is 1. The molecule has 0 fully saturated rings. The fourth-order valence-corrected chi connectivity index (χ4v) is 1.46. The van der Waals surface area contributed by atoms with Gasteiger partial charge >= 0.3 is 5.97 Å². The third kappa shape index (κ3) is 1.86. The van der Waals surface area contributed by atoms with Crippen molar-refractivity contribution in [1.82, 2.24) is 14.8 Å². The van der Waals surface area contributed by atoms with E-state index in [4.69, 9.17) is 5.11 Å². The third-order valence-electron chi connectivity index (χ3n) is 2.38. The van der Waals surface area contributed by atoms with E-state index in [0.29, 0.717) is 12.0 Å². The largest absolute Gasteiger partial charge is 0.478 e. The molecule has 0 spiro atoms. The molecule has 0 aliphatic rings. The first kappa shape index (κ1) is 11.9. The van der Waals surface area contributed by atoms with Gasteiger partial charge < -0.3 is 5.11 Å². The lowest BCUT2D eigenvalue weighted by atomic mass is 10.2. The van der Waals surface area contributed by atoms with Crippen LogP contribution in [-0.4, -0.2) is 32.1 Å². The van der Waals surface area contributed by atoms with E-state index < -0.39 is 17.3 Å². The fraction of sp³-hybridized carbons (Fsp3) is 0.0909. The molecule has 1 N–H and O–H groups in total. The number of carbonyl (C=O) groups excluding carboxylic acids is 1. The second kappa shape index (κ2) is 4.36. The van der Waals surface area contributed by atoms with Crippen LogP contribution in [0.3, 0.4) is 0 Å². The van der Waals surface area contributed by atoms with E-state index >= 15 is 0 Å². The molecule has 2 heterocycles. The number of aryl methyl sites for hydroxylation is 1. The average Bonchev–Trinajstić information content (AvgIpc) is 2.70. The van der Waals surface area contributed by atoms with E-state index in [9.17, 15) is 14.0 Å². The molecule has 2 rings (SSSR count). The Morgan fingerprint density at radius 2 is 2.28 bits per heavy atom. The molecule has 0 unspecified atom stereocenters. The predicted octanol–water partition coefficient (Wildman–Crippen LogP) is 1.23. The Bertz CT molecular complexity index is 636. The van der Waals surface area contributed by atoms with Gasteiger partial charge in [0.05, 0.1) is 11.3 Å². The van der Waals surface area contributed by atoms with Gasteiger partial charge in [-0.15, -0.1) is 0 Å². The maximum absolute atomic E-state index is 13.9. The van der Waals surface area contributed by atoms with E-state index in [-0.39, 0.29) is 11.4 Å². The Balaban J connectivity index is 2.60. The summed E-state index contributed by atoms with van der Waals surface area (Å²) in [5.41, 5.74) is 0.199. The summed E-state index contributed by atoms with van der Waals surface area (Å²) >= 11 is 0. The molecule has 0 amide bonds. The molecular formula is C11H8FN3O3. The summed E-state index contributed by atoms with van der Waals surface area (Å²) in [5, 5.41) is 12.7. The van der Waals surface area contributed by atoms with Gasteiger partial charge in [0.25, 0.3) is 0 Å². The fourth-order valence-electron chi connectivity index (χ4n) is 1.46. The van der Waals surface area contributed by atoms with Crippen LogP contribution in [0.2, 0.25) is 0 Å². The van der Waals surface area contributed by atoms with Gasteiger partial charge in [0, 0.05) is 12.4 Å². The van der Waals surface area contributed by atoms with Crippen LogP contribution >= 0.6 is 0 Å². The summed E-state index contributed by atoms with van der Waals surface area (Å²) in [6, 6.07) is 1.05. The van der Waals surface area contributed by atoms with Crippen LogP contribution < -0.4 is 0 Å². The van der Waals surface area contributed by atoms with Gasteiger partial charge in [-0.1, -0.05) is 0 Å². The molecular weight excluding hydrogens is 241 g/mol. The number of halogens is 1. The van der Waals surface area contributed by atoms with Crippen molar-refractivity contribution < 1.29 is 19.1 Å². The second-order valence-corrected chi connectivity index (χ2v) is 3.53. The number of carboxylic acids is 1. The number of carboxylic acid groups (broad SMARTS) is 1. The van der Waals surface area contributed by atoms with Crippen molar-refractivity contribution in [3.63, 3.8) is 0 Å². The Morgan fingerprint density at radius 1 is 1.56 bits per heavy atom. The minimum atomic E-state index is -1.39. The van der Waals surface area contributed by atoms with E-state index in [2.05, 4.69) is 10.1 Å². The summed E-state index contributed by atoms with van der Waals surface area (Å²) in [6.45, 7) is 1.58. The molecule has 7 heteroatoms. The van der Waals surface area contributed by atoms with Crippen LogP contribution in [0.15, 0.2) is 18.5 Å². The highest BCUT2D eigenvalue weighted by Gasteiger charge is 2.17. The minimum absolute atomic E-state index is 0.258. The van der Waals surface area contributed by atoms with Crippen molar-refractivity contribution in [2.45, 2.75) is 6.92 Å². The Morgan fingerprint density at radius 3 is 2.83 bits per heavy atom. The lowest BCUT2D eigenvalue weighted by Crippen LogP contribution is -2.08. The number of aldehydes is 1. The molecule has 0 aliphatic carbocycles. The molecule has 2 aromatic heterocycles. The van der Waals surface area contributed by atoms with Crippen molar-refractivity contribution in [3.8, 4) is 5.82 Å². The van der Waals surface area contributed by atoms with Gasteiger partial charge in [-0.3, -0.25) is 4.79 Å². The summed E-state index contributed by atoms with van der Waals surface area (Å²) < 4.78 is 14.9. The SMILES string of the molecule is Cc1nn(-c2nccc(C(=O)O)c2F)cc1C=O. The minimum Gasteiger partial charge on any atom is -0.478 e. The van der Waals surface area contributed by atoms with Gasteiger partial charge in [0.1, 0.15) is 5.56 Å². The van der Waals surface area contributed by atoms with Crippen molar-refractivity contribution in [1.29, 1.82) is 0 Å². The maximum atomic E-state index is 13.9. The molecule has 0 saturated heterocycles. The monoisotopic (exact) mass is 249 g/mol. The molecule has 0 saturated carbocycles. The first-order valence-electron chi connectivity index (χ1n) is 4.94. The number of aromatic carboxylic acids is 1. The number of rotatable bonds is 3. The number of aromatic nitrogens is 3. The standard InChI is InChI=1S/C11H8FN3O3/c1-6-7(5-16)4-15(14-6)10-9(12)8(11(17)18)2-3-13-10/h2-5H,1H3,(H,17,18). The normalized spacial score (nSPS) is 10.3. The van der Waals surface area contributed by atoms with Crippen LogP contribution in [0.25, 0.3) is 5.82 Å². The van der Waals surface area contributed by atoms with Crippen LogP contribution in [0, 0.1) is 12.7 Å². The van der Waals surface area contributed by atoms with Crippen molar-refractivity contribution in [3.05, 3.63) is 41.1 Å². The van der Waals surface area contributed by atoms with Crippen molar-refractivity contribution in [2.24, 2.45) is 0 Å². The zero-order valence-corrected chi connectivity index (χ0v) is 9.29. The maximum Gasteiger partial charge on any atom is 0.338 e. The van der Waals surface area contributed by atoms with E-state index in [1.165, 1.54) is 12.4 Å². The highest BCUT2D eigenvalue weighted by molar-refractivity contribution is 5.88. The van der Waals surface area contributed by atoms with E-state index in [1.54, 1.807) is 6.92 Å². The Labute approximate surface area is 101 Å². The second-order valence-electron chi connectivity index (χ2n) is 3.53. The van der Waals surface area contributed by atoms with Gasteiger partial charge in [-0.25, -0.2) is 18.9 Å². The Hall–Kier alpha value is -2.57. The number of nitrogens with zero attached hydrogens (tertiary/aromatic N) is 3. The van der Waals surface area contributed by atoms with Gasteiger partial charge in [-0.05, 0) is 13.0 Å². The topological polar surface area (TPSA) is 85.1 Å². The predicted molar refractivity (Wildman–Crippen MR) is 58.4 cm³/mol. The third-order valence-corrected chi connectivity index (χ3v) is 2.38. The Kier molecular flexibility index (Phi) is 2.88. The van der Waals surface area contributed by atoms with Crippen molar-refractivity contribution in [2.75, 3.05) is 0 Å². The molecule has 0 aromatic carbocycles. The molecule has 0 atom stereocenters. The molecule has 6 nitrogen and oxygen atoms in total. The van der Waals surface area contributed by atoms with Crippen LogP contribution in [0.4, 0.5) is 4.39 Å². The van der Waals surface area contributed by atoms with E-state index in [1.807, 2.05) is 0 Å². The molecule has 0 bridgehead atoms. The molecule has 18 heavy (non-hydrogen) atoms. The van der Waals surface area contributed by atoms with Crippen LogP contribution in [0.5, 0.6) is 0 Å². The van der Waals surface area contributed by atoms with Gasteiger partial charge in [0.15, 0.2) is 17.9 Å². The molecule has 0 radical (unpaired) electrons. The molecule has 2 aromatic rings. The summed E-state index contributed by atoms with van der Waals surface area (Å²) in [7, 11) is 0. The lowest BCUT2D eigenvalue weighted by molar-refractivity contribution is 0.0691. The zero-order valence-electron chi connectivity index (χ0n) is 9.29. The van der Waals surface area contributed by atoms with Crippen molar-refractivity contribution >= 4 is 12.3 Å². The van der Waals surface area contributed by atoms with Gasteiger partial charge in [0.2, 0.25) is 0 Å². The van der Waals surface area contributed by atoms with Crippen LogP contribution in [-0.2, 0) is 0 Å². The first-order chi connectivity index (χ1) is 8.54. The molecule has 0 aliphatic heterocycles. The van der Waals surface area contributed by atoms with Gasteiger partial charge in [-0.2, -0.15) is 5.10 Å². The number of hydrogen-bond acceptors (Lipinski definition) is 4. The van der Waals surface area contributed by atoms with Crippen LogP contribution in [0.1, 0.15) is 26.4 Å². The number of hydrogen-bond donors (Lipinski definition) is 1. The highest BCUT2D eigenvalue weighted by atomic mass is 19.1. The first-order valence-corrected chi connectivity index (χ1v) is 4.94. The van der Waals surface area contributed by atoms with E-state index in [0.717, 1.165) is 10.7 Å². The summed E-state index contributed by atoms with van der Waals surface area (Å²) in [4.78, 5) is 25.2. The zero-order chi connectivity index (χ0) is 13.3. The number of carbonyl (C=O) groups is 2. The smallest absolute Gasteiger partial charge is 0.338 e. The molecule has 92 valence electrons. The highest BCUT2D eigenvalue weighted by Crippen LogP contribution is 2.15.